The number of thiazole rings is 1. The van der Waals surface area contributed by atoms with Gasteiger partial charge in [0.15, 0.2) is 10.9 Å². The highest BCUT2D eigenvalue weighted by atomic mass is 32.1. The van der Waals surface area contributed by atoms with Crippen LogP contribution in [0.3, 0.4) is 0 Å². The first-order chi connectivity index (χ1) is 16.5. The number of aryl methyl sites for hydroxylation is 3. The number of nitrogens with one attached hydrogen (secondary N) is 2. The van der Waals surface area contributed by atoms with E-state index < -0.39 is 23.9 Å². The normalized spacial score (nSPS) is 11.1. The van der Waals surface area contributed by atoms with E-state index in [9.17, 15) is 14.4 Å². The van der Waals surface area contributed by atoms with Crippen LogP contribution in [0.25, 0.3) is 0 Å². The molecule has 3 rings (SSSR count). The molecular formula is C28H33N3O3S. The fourth-order valence-electron chi connectivity index (χ4n) is 4.01. The maximum Gasteiger partial charge on any atom is 0.292 e. The van der Waals surface area contributed by atoms with Crippen LogP contribution in [0.5, 0.6) is 0 Å². The molecule has 0 aliphatic heterocycles. The van der Waals surface area contributed by atoms with Gasteiger partial charge in [0.2, 0.25) is 5.78 Å². The number of carbonyl (C=O) groups excluding carboxylic acids is 3. The van der Waals surface area contributed by atoms with E-state index in [0.29, 0.717) is 21.4 Å². The van der Waals surface area contributed by atoms with Gasteiger partial charge >= 0.3 is 0 Å². The van der Waals surface area contributed by atoms with Gasteiger partial charge in [-0.3, -0.25) is 14.4 Å². The number of benzene rings is 2. The molecule has 0 unspecified atom stereocenters. The fraction of sp³-hybridized carbons (Fsp3) is 0.357. The fourth-order valence-corrected chi connectivity index (χ4v) is 4.92. The number of rotatable bonds is 9. The molecule has 0 fully saturated rings. The van der Waals surface area contributed by atoms with Crippen molar-refractivity contribution < 1.29 is 14.4 Å². The zero-order valence-electron chi connectivity index (χ0n) is 21.4. The van der Waals surface area contributed by atoms with Crippen molar-refractivity contribution in [1.82, 2.24) is 4.98 Å². The van der Waals surface area contributed by atoms with E-state index in [1.54, 1.807) is 6.92 Å². The standard InChI is InChI=1S/C28H33N3O3S/c1-15(2)20-12-9-13-21(16(3)4)25(20)30-27(34)23(33)14-22(32)26-19(7)29-28(35-26)31-24-17(5)10-8-11-18(24)6/h8-13,15-16H,14H2,1-7H3,(H,29,31)(H,30,34). The zero-order valence-corrected chi connectivity index (χ0v) is 22.2. The highest BCUT2D eigenvalue weighted by Gasteiger charge is 2.25. The van der Waals surface area contributed by atoms with Crippen molar-refractivity contribution in [3.8, 4) is 0 Å². The van der Waals surface area contributed by atoms with Gasteiger partial charge in [-0.25, -0.2) is 4.98 Å². The van der Waals surface area contributed by atoms with Crippen molar-refractivity contribution in [3.63, 3.8) is 0 Å². The van der Waals surface area contributed by atoms with E-state index in [-0.39, 0.29) is 11.8 Å². The number of hydrogen-bond donors (Lipinski definition) is 2. The molecule has 184 valence electrons. The second-order valence-corrected chi connectivity index (χ2v) is 10.4. The summed E-state index contributed by atoms with van der Waals surface area (Å²) >= 11 is 1.19. The minimum absolute atomic E-state index is 0.170. The summed E-state index contributed by atoms with van der Waals surface area (Å²) < 4.78 is 0. The predicted molar refractivity (Wildman–Crippen MR) is 143 cm³/mol. The van der Waals surface area contributed by atoms with Gasteiger partial charge in [-0.15, -0.1) is 0 Å². The highest BCUT2D eigenvalue weighted by Crippen LogP contribution is 2.33. The number of amides is 1. The van der Waals surface area contributed by atoms with Crippen LogP contribution < -0.4 is 10.6 Å². The number of hydrogen-bond acceptors (Lipinski definition) is 6. The molecule has 1 amide bonds. The maximum absolute atomic E-state index is 12.9. The summed E-state index contributed by atoms with van der Waals surface area (Å²) in [5.41, 5.74) is 6.21. The Hall–Kier alpha value is -3.32. The molecule has 0 aliphatic carbocycles. The molecule has 0 saturated heterocycles. The number of aromatic nitrogens is 1. The Balaban J connectivity index is 1.75. The second-order valence-electron chi connectivity index (χ2n) is 9.42. The lowest BCUT2D eigenvalue weighted by Gasteiger charge is -2.19. The van der Waals surface area contributed by atoms with Gasteiger partial charge in [-0.1, -0.05) is 75.4 Å². The molecule has 0 atom stereocenters. The number of anilines is 3. The summed E-state index contributed by atoms with van der Waals surface area (Å²) in [5, 5.41) is 6.66. The lowest BCUT2D eigenvalue weighted by Crippen LogP contribution is -2.26. The minimum atomic E-state index is -0.774. The van der Waals surface area contributed by atoms with Crippen LogP contribution in [0.4, 0.5) is 16.5 Å². The summed E-state index contributed by atoms with van der Waals surface area (Å²) in [4.78, 5) is 43.3. The lowest BCUT2D eigenvalue weighted by atomic mass is 9.92. The first-order valence-corrected chi connectivity index (χ1v) is 12.6. The summed E-state index contributed by atoms with van der Waals surface area (Å²) in [6, 6.07) is 11.9. The van der Waals surface area contributed by atoms with E-state index >= 15 is 0 Å². The van der Waals surface area contributed by atoms with Crippen LogP contribution in [0, 0.1) is 20.8 Å². The van der Waals surface area contributed by atoms with Crippen LogP contribution in [-0.4, -0.2) is 22.5 Å². The molecule has 0 radical (unpaired) electrons. The van der Waals surface area contributed by atoms with E-state index in [0.717, 1.165) is 27.9 Å². The summed E-state index contributed by atoms with van der Waals surface area (Å²) in [7, 11) is 0. The van der Waals surface area contributed by atoms with Crippen LogP contribution in [0.15, 0.2) is 36.4 Å². The van der Waals surface area contributed by atoms with E-state index in [1.165, 1.54) is 11.3 Å². The molecule has 2 aromatic carbocycles. The Kier molecular flexibility index (Phi) is 8.22. The molecule has 1 aromatic heterocycles. The topological polar surface area (TPSA) is 88.2 Å². The largest absolute Gasteiger partial charge is 0.331 e. The van der Waals surface area contributed by atoms with Gasteiger partial charge in [0.05, 0.1) is 17.0 Å². The molecule has 0 spiro atoms. The lowest BCUT2D eigenvalue weighted by molar-refractivity contribution is -0.134. The van der Waals surface area contributed by atoms with Crippen LogP contribution in [0.1, 0.15) is 83.6 Å². The van der Waals surface area contributed by atoms with Crippen molar-refractivity contribution in [2.75, 3.05) is 10.6 Å². The van der Waals surface area contributed by atoms with Crippen molar-refractivity contribution in [2.24, 2.45) is 0 Å². The third-order valence-corrected chi connectivity index (χ3v) is 7.06. The van der Waals surface area contributed by atoms with Crippen LogP contribution in [-0.2, 0) is 9.59 Å². The molecule has 35 heavy (non-hydrogen) atoms. The molecule has 1 heterocycles. The molecule has 3 aromatic rings. The Morgan fingerprint density at radius 2 is 1.40 bits per heavy atom. The minimum Gasteiger partial charge on any atom is -0.331 e. The van der Waals surface area contributed by atoms with E-state index in [1.807, 2.05) is 77.9 Å². The van der Waals surface area contributed by atoms with Gasteiger partial charge in [-0.2, -0.15) is 0 Å². The van der Waals surface area contributed by atoms with Crippen LogP contribution in [0.2, 0.25) is 0 Å². The smallest absolute Gasteiger partial charge is 0.292 e. The average Bonchev–Trinajstić information content (AvgIpc) is 3.16. The maximum atomic E-state index is 12.9. The van der Waals surface area contributed by atoms with Gasteiger partial charge in [0.25, 0.3) is 5.91 Å². The number of para-hydroxylation sites is 2. The van der Waals surface area contributed by atoms with Gasteiger partial charge in [-0.05, 0) is 54.9 Å². The SMILES string of the molecule is Cc1cccc(C)c1Nc1nc(C)c(C(=O)CC(=O)C(=O)Nc2c(C(C)C)cccc2C(C)C)s1. The molecule has 7 heteroatoms. The van der Waals surface area contributed by atoms with Crippen molar-refractivity contribution in [2.45, 2.75) is 66.7 Å². The summed E-state index contributed by atoms with van der Waals surface area (Å²) in [6.45, 7) is 13.9. The zero-order chi connectivity index (χ0) is 25.9. The number of Topliss-reactive ketones (excluding diaryl/α,β-unsaturated/α-hetero) is 2. The average molecular weight is 492 g/mol. The molecule has 6 nitrogen and oxygen atoms in total. The number of ketones is 2. The number of nitrogens with zero attached hydrogens (tertiary/aromatic N) is 1. The van der Waals surface area contributed by atoms with Gasteiger partial charge in [0, 0.05) is 11.4 Å². The van der Waals surface area contributed by atoms with Crippen LogP contribution >= 0.6 is 11.3 Å². The Morgan fingerprint density at radius 3 is 1.94 bits per heavy atom. The first kappa shape index (κ1) is 26.3. The Morgan fingerprint density at radius 1 is 0.857 bits per heavy atom. The summed E-state index contributed by atoms with van der Waals surface area (Å²) in [5.74, 6) is -1.60. The molecular weight excluding hydrogens is 458 g/mol. The monoisotopic (exact) mass is 491 g/mol. The van der Waals surface area contributed by atoms with Crippen molar-refractivity contribution in [1.29, 1.82) is 0 Å². The second kappa shape index (κ2) is 11.0. The third kappa shape index (κ3) is 6.03. The molecule has 0 aliphatic rings. The number of carbonyl (C=O) groups is 3. The van der Waals surface area contributed by atoms with Crippen molar-refractivity contribution >= 4 is 45.3 Å². The third-order valence-electron chi connectivity index (χ3n) is 5.95. The van der Waals surface area contributed by atoms with Gasteiger partial charge in [0.1, 0.15) is 0 Å². The van der Waals surface area contributed by atoms with Gasteiger partial charge < -0.3 is 10.6 Å². The summed E-state index contributed by atoms with van der Waals surface area (Å²) in [6.07, 6.45) is -0.501. The molecule has 0 saturated carbocycles. The predicted octanol–water partition coefficient (Wildman–Crippen LogP) is 6.84. The molecule has 2 N–H and O–H groups in total. The first-order valence-electron chi connectivity index (χ1n) is 11.8. The quantitative estimate of drug-likeness (QED) is 0.194. The Labute approximate surface area is 211 Å². The van der Waals surface area contributed by atoms with E-state index in [4.69, 9.17) is 0 Å². The molecule has 0 bridgehead atoms. The van der Waals surface area contributed by atoms with Crippen molar-refractivity contribution in [3.05, 3.63) is 69.2 Å². The van der Waals surface area contributed by atoms with E-state index in [2.05, 4.69) is 15.6 Å². The Bertz CT molecular complexity index is 1230. The highest BCUT2D eigenvalue weighted by molar-refractivity contribution is 7.17.